The Balaban J connectivity index is 1.63. The molecule has 0 aromatic carbocycles. The van der Waals surface area contributed by atoms with Crippen molar-refractivity contribution in [3.8, 4) is 0 Å². The van der Waals surface area contributed by atoms with E-state index in [-0.39, 0.29) is 17.5 Å². The number of fused-ring (bicyclic) bond motifs is 3. The van der Waals surface area contributed by atoms with Gasteiger partial charge in [-0.05, 0) is 25.3 Å². The Hall–Kier alpha value is -2.22. The van der Waals surface area contributed by atoms with E-state index in [9.17, 15) is 9.59 Å². The molecule has 4 atom stereocenters. The summed E-state index contributed by atoms with van der Waals surface area (Å²) in [6.45, 7) is 6.73. The summed E-state index contributed by atoms with van der Waals surface area (Å²) in [5.74, 6) is 0.109. The maximum absolute atomic E-state index is 12.6. The van der Waals surface area contributed by atoms with Crippen LogP contribution in [0, 0.1) is 11.8 Å². The van der Waals surface area contributed by atoms with Gasteiger partial charge in [0.2, 0.25) is 5.91 Å². The van der Waals surface area contributed by atoms with Gasteiger partial charge in [0.15, 0.2) is 5.69 Å². The number of nitrogens with two attached hydrogens (primary N) is 1. The van der Waals surface area contributed by atoms with Crippen LogP contribution in [-0.2, 0) is 11.3 Å². The number of carbonyl (C=O) groups excluding carboxylic acids is 2. The van der Waals surface area contributed by atoms with Gasteiger partial charge in [0, 0.05) is 26.2 Å². The molecule has 2 bridgehead atoms. The molecule has 0 spiro atoms. The Morgan fingerprint density at radius 3 is 2.92 bits per heavy atom. The van der Waals surface area contributed by atoms with Crippen molar-refractivity contribution >= 4 is 11.8 Å². The lowest BCUT2D eigenvalue weighted by molar-refractivity contribution is -0.142. The number of aromatic nitrogens is 3. The predicted molar refractivity (Wildman–Crippen MR) is 87.9 cm³/mol. The van der Waals surface area contributed by atoms with Gasteiger partial charge in [-0.15, -0.1) is 11.7 Å². The highest BCUT2D eigenvalue weighted by Gasteiger charge is 2.44. The van der Waals surface area contributed by atoms with Crippen molar-refractivity contribution in [2.24, 2.45) is 17.6 Å². The van der Waals surface area contributed by atoms with Crippen molar-refractivity contribution in [2.45, 2.75) is 25.4 Å². The lowest BCUT2D eigenvalue weighted by atomic mass is 9.75. The van der Waals surface area contributed by atoms with E-state index in [2.05, 4.69) is 21.8 Å². The van der Waals surface area contributed by atoms with Crippen molar-refractivity contribution in [2.75, 3.05) is 26.7 Å². The zero-order valence-electron chi connectivity index (χ0n) is 14.0. The minimum absolute atomic E-state index is 0.0666. The molecule has 8 heteroatoms. The molecule has 0 radical (unpaired) electrons. The molecule has 8 nitrogen and oxygen atoms in total. The number of likely N-dealkylation sites (N-methyl/N-ethyl adjacent to an activating group) is 1. The highest BCUT2D eigenvalue weighted by molar-refractivity contribution is 5.90. The topological polar surface area (TPSA) is 97.3 Å². The van der Waals surface area contributed by atoms with Gasteiger partial charge in [-0.3, -0.25) is 19.2 Å². The van der Waals surface area contributed by atoms with Gasteiger partial charge in [-0.25, -0.2) is 0 Å². The summed E-state index contributed by atoms with van der Waals surface area (Å²) in [6.07, 6.45) is 5.36. The molecule has 3 aliphatic heterocycles. The molecule has 4 heterocycles. The van der Waals surface area contributed by atoms with Crippen LogP contribution < -0.4 is 5.73 Å². The summed E-state index contributed by atoms with van der Waals surface area (Å²) in [7, 11) is 1.83. The van der Waals surface area contributed by atoms with Crippen LogP contribution in [0.5, 0.6) is 0 Å². The Labute approximate surface area is 141 Å². The first-order valence-electron chi connectivity index (χ1n) is 8.29. The van der Waals surface area contributed by atoms with E-state index in [1.165, 1.54) is 0 Å². The van der Waals surface area contributed by atoms with E-state index in [1.807, 2.05) is 7.05 Å². The van der Waals surface area contributed by atoms with Crippen LogP contribution in [-0.4, -0.2) is 69.3 Å². The molecular weight excluding hydrogens is 308 g/mol. The smallest absolute Gasteiger partial charge is 0.270 e. The van der Waals surface area contributed by atoms with Gasteiger partial charge in [0.1, 0.15) is 0 Å². The highest BCUT2D eigenvalue weighted by atomic mass is 16.2. The van der Waals surface area contributed by atoms with E-state index in [1.54, 1.807) is 21.9 Å². The number of amides is 2. The maximum atomic E-state index is 12.6. The molecule has 1 aromatic heterocycles. The lowest BCUT2D eigenvalue weighted by Gasteiger charge is -2.49. The summed E-state index contributed by atoms with van der Waals surface area (Å²) in [5.41, 5.74) is 5.40. The second-order valence-electron chi connectivity index (χ2n) is 6.74. The molecule has 1 unspecified atom stereocenters. The van der Waals surface area contributed by atoms with Gasteiger partial charge >= 0.3 is 0 Å². The Morgan fingerprint density at radius 1 is 1.54 bits per heavy atom. The number of rotatable bonds is 6. The standard InChI is InChI=1S/C16H24N6O2/c1-3-5-20(2)16(24)13-9-21-6-4-11(13)7-12(21)8-22-10-14(15(17)23)18-19-22/h3,10-13H,1,4-9H2,2H3,(H2,17,23)/t11-,12+,13+/m0/s1. The first-order chi connectivity index (χ1) is 11.5. The fraction of sp³-hybridized carbons (Fsp3) is 0.625. The number of primary amides is 1. The quantitative estimate of drug-likeness (QED) is 0.723. The van der Waals surface area contributed by atoms with Crippen LogP contribution in [0.1, 0.15) is 23.3 Å². The molecule has 2 N–H and O–H groups in total. The van der Waals surface area contributed by atoms with Crippen molar-refractivity contribution in [1.82, 2.24) is 24.8 Å². The Bertz CT molecular complexity index is 642. The van der Waals surface area contributed by atoms with Crippen LogP contribution in [0.2, 0.25) is 0 Å². The first-order valence-corrected chi connectivity index (χ1v) is 8.29. The first kappa shape index (κ1) is 16.6. The van der Waals surface area contributed by atoms with Crippen LogP contribution in [0.3, 0.4) is 0 Å². The zero-order chi connectivity index (χ0) is 17.3. The second kappa shape index (κ2) is 6.72. The average Bonchev–Trinajstić information content (AvgIpc) is 3.04. The Kier molecular flexibility index (Phi) is 4.66. The maximum Gasteiger partial charge on any atom is 0.270 e. The second-order valence-corrected chi connectivity index (χ2v) is 6.74. The van der Waals surface area contributed by atoms with Gasteiger partial charge in [0.05, 0.1) is 18.7 Å². The van der Waals surface area contributed by atoms with Gasteiger partial charge < -0.3 is 10.6 Å². The molecular formula is C16H24N6O2. The summed E-state index contributed by atoms with van der Waals surface area (Å²) in [6, 6.07) is 0.319. The molecule has 2 amide bonds. The van der Waals surface area contributed by atoms with E-state index < -0.39 is 5.91 Å². The van der Waals surface area contributed by atoms with Crippen LogP contribution in [0.25, 0.3) is 0 Å². The monoisotopic (exact) mass is 332 g/mol. The normalized spacial score (nSPS) is 28.5. The van der Waals surface area contributed by atoms with Crippen LogP contribution in [0.4, 0.5) is 0 Å². The van der Waals surface area contributed by atoms with E-state index in [4.69, 9.17) is 5.73 Å². The third kappa shape index (κ3) is 3.19. The summed E-state index contributed by atoms with van der Waals surface area (Å²) < 4.78 is 1.67. The van der Waals surface area contributed by atoms with E-state index in [0.717, 1.165) is 25.9 Å². The number of hydrogen-bond acceptors (Lipinski definition) is 5. The minimum Gasteiger partial charge on any atom is -0.364 e. The third-order valence-corrected chi connectivity index (χ3v) is 5.16. The van der Waals surface area contributed by atoms with Crippen molar-refractivity contribution in [1.29, 1.82) is 0 Å². The number of nitrogens with zero attached hydrogens (tertiary/aromatic N) is 5. The van der Waals surface area contributed by atoms with E-state index in [0.29, 0.717) is 25.0 Å². The predicted octanol–water partition coefficient (Wildman–Crippen LogP) is -0.268. The molecule has 130 valence electrons. The molecule has 0 saturated carbocycles. The van der Waals surface area contributed by atoms with Gasteiger partial charge in [-0.2, -0.15) is 0 Å². The molecule has 3 fully saturated rings. The largest absolute Gasteiger partial charge is 0.364 e. The molecule has 3 saturated heterocycles. The van der Waals surface area contributed by atoms with Crippen LogP contribution in [0.15, 0.2) is 18.9 Å². The molecule has 24 heavy (non-hydrogen) atoms. The molecule has 3 aliphatic rings. The average molecular weight is 332 g/mol. The summed E-state index contributed by atoms with van der Waals surface area (Å²) in [4.78, 5) is 27.8. The van der Waals surface area contributed by atoms with E-state index >= 15 is 0 Å². The summed E-state index contributed by atoms with van der Waals surface area (Å²) >= 11 is 0. The molecule has 4 rings (SSSR count). The fourth-order valence-electron chi connectivity index (χ4n) is 3.89. The third-order valence-electron chi connectivity index (χ3n) is 5.16. The van der Waals surface area contributed by atoms with Gasteiger partial charge in [-0.1, -0.05) is 11.3 Å². The van der Waals surface area contributed by atoms with Crippen molar-refractivity contribution in [3.63, 3.8) is 0 Å². The SMILES string of the molecule is C=CCN(C)C(=O)[C@@H]1CN2CC[C@H]1C[C@@H]2Cn1cc(C(N)=O)nn1. The van der Waals surface area contributed by atoms with Crippen molar-refractivity contribution in [3.05, 3.63) is 24.5 Å². The molecule has 1 aromatic rings. The number of hydrogen-bond donors (Lipinski definition) is 1. The molecule has 0 aliphatic carbocycles. The number of piperidine rings is 3. The Morgan fingerprint density at radius 2 is 2.33 bits per heavy atom. The number of carbonyl (C=O) groups is 2. The summed E-state index contributed by atoms with van der Waals surface area (Å²) in [5, 5.41) is 7.75. The van der Waals surface area contributed by atoms with Crippen molar-refractivity contribution < 1.29 is 9.59 Å². The van der Waals surface area contributed by atoms with Crippen LogP contribution >= 0.6 is 0 Å². The highest BCUT2D eigenvalue weighted by Crippen LogP contribution is 2.37. The minimum atomic E-state index is -0.567. The zero-order valence-corrected chi connectivity index (χ0v) is 14.0. The lowest BCUT2D eigenvalue weighted by Crippen LogP contribution is -2.58. The fourth-order valence-corrected chi connectivity index (χ4v) is 3.89. The van der Waals surface area contributed by atoms with Gasteiger partial charge in [0.25, 0.3) is 5.91 Å².